The Bertz CT molecular complexity index is 268. The largest absolute Gasteiger partial charge is 0.394 e. The first-order valence-corrected chi connectivity index (χ1v) is 5.84. The summed E-state index contributed by atoms with van der Waals surface area (Å²) in [5, 5.41) is 11.2. The Balaban J connectivity index is 2.68. The normalized spacial score (nSPS) is 27.6. The van der Waals surface area contributed by atoms with E-state index in [2.05, 4.69) is 5.32 Å². The van der Waals surface area contributed by atoms with E-state index in [-0.39, 0.29) is 19.4 Å². The van der Waals surface area contributed by atoms with Crippen LogP contribution in [0.1, 0.15) is 32.6 Å². The zero-order chi connectivity index (χ0) is 13.1. The van der Waals surface area contributed by atoms with Gasteiger partial charge in [0.1, 0.15) is 0 Å². The van der Waals surface area contributed by atoms with Gasteiger partial charge in [0, 0.05) is 12.0 Å². The van der Waals surface area contributed by atoms with Gasteiger partial charge in [-0.15, -0.1) is 0 Å². The van der Waals surface area contributed by atoms with Crippen molar-refractivity contribution < 1.29 is 23.1 Å². The molecule has 1 rings (SSSR count). The summed E-state index contributed by atoms with van der Waals surface area (Å²) in [4.78, 5) is 11.7. The van der Waals surface area contributed by atoms with Crippen molar-refractivity contribution in [2.24, 2.45) is 11.8 Å². The second-order valence-corrected chi connectivity index (χ2v) is 4.63. The van der Waals surface area contributed by atoms with Crippen LogP contribution in [0.15, 0.2) is 0 Å². The molecule has 3 nitrogen and oxygen atoms in total. The molecule has 0 radical (unpaired) electrons. The van der Waals surface area contributed by atoms with Crippen LogP contribution in [0.4, 0.5) is 13.2 Å². The average molecular weight is 253 g/mol. The van der Waals surface area contributed by atoms with Crippen LogP contribution in [0.25, 0.3) is 0 Å². The van der Waals surface area contributed by atoms with Gasteiger partial charge in [-0.2, -0.15) is 13.2 Å². The van der Waals surface area contributed by atoms with Crippen LogP contribution in [0.2, 0.25) is 0 Å². The lowest BCUT2D eigenvalue weighted by Gasteiger charge is -2.32. The van der Waals surface area contributed by atoms with E-state index in [1.807, 2.05) is 0 Å². The molecule has 17 heavy (non-hydrogen) atoms. The summed E-state index contributed by atoms with van der Waals surface area (Å²) < 4.78 is 38.2. The third kappa shape index (κ3) is 3.87. The SMILES string of the molecule is C[C@H](CO)NC(=O)C1CCCCC1C(F)(F)F. The lowest BCUT2D eigenvalue weighted by Crippen LogP contribution is -2.46. The molecule has 0 spiro atoms. The van der Waals surface area contributed by atoms with Crippen LogP contribution < -0.4 is 5.32 Å². The first kappa shape index (κ1) is 14.3. The van der Waals surface area contributed by atoms with Crippen LogP contribution in [-0.2, 0) is 4.79 Å². The van der Waals surface area contributed by atoms with E-state index in [4.69, 9.17) is 5.11 Å². The third-order valence-electron chi connectivity index (χ3n) is 3.19. The second-order valence-electron chi connectivity index (χ2n) is 4.63. The maximum atomic E-state index is 12.7. The molecule has 1 amide bonds. The topological polar surface area (TPSA) is 49.3 Å². The lowest BCUT2D eigenvalue weighted by atomic mass is 9.78. The molecule has 2 unspecified atom stereocenters. The molecule has 0 aromatic heterocycles. The van der Waals surface area contributed by atoms with Gasteiger partial charge >= 0.3 is 6.18 Å². The molecular weight excluding hydrogens is 235 g/mol. The van der Waals surface area contributed by atoms with E-state index < -0.39 is 30.0 Å². The highest BCUT2D eigenvalue weighted by atomic mass is 19.4. The molecule has 0 bridgehead atoms. The van der Waals surface area contributed by atoms with Gasteiger partial charge in [-0.1, -0.05) is 12.8 Å². The summed E-state index contributed by atoms with van der Waals surface area (Å²) in [5.74, 6) is -3.13. The van der Waals surface area contributed by atoms with Crippen LogP contribution in [0, 0.1) is 11.8 Å². The van der Waals surface area contributed by atoms with Crippen molar-refractivity contribution in [2.75, 3.05) is 6.61 Å². The zero-order valence-electron chi connectivity index (χ0n) is 9.76. The first-order valence-electron chi connectivity index (χ1n) is 5.84. The summed E-state index contributed by atoms with van der Waals surface area (Å²) in [7, 11) is 0. The predicted molar refractivity (Wildman–Crippen MR) is 56.2 cm³/mol. The minimum atomic E-state index is -4.31. The van der Waals surface area contributed by atoms with E-state index in [9.17, 15) is 18.0 Å². The van der Waals surface area contributed by atoms with Crippen molar-refractivity contribution >= 4 is 5.91 Å². The highest BCUT2D eigenvalue weighted by molar-refractivity contribution is 5.79. The van der Waals surface area contributed by atoms with Gasteiger partial charge in [-0.25, -0.2) is 0 Å². The van der Waals surface area contributed by atoms with Crippen molar-refractivity contribution in [3.63, 3.8) is 0 Å². The number of halogens is 3. The number of hydrogen-bond acceptors (Lipinski definition) is 2. The number of carbonyl (C=O) groups is 1. The van der Waals surface area contributed by atoms with E-state index in [0.29, 0.717) is 12.8 Å². The maximum Gasteiger partial charge on any atom is 0.392 e. The smallest absolute Gasteiger partial charge is 0.392 e. The van der Waals surface area contributed by atoms with Gasteiger partial charge in [0.2, 0.25) is 5.91 Å². The quantitative estimate of drug-likeness (QED) is 0.806. The molecule has 2 N–H and O–H groups in total. The number of hydrogen-bond donors (Lipinski definition) is 2. The number of alkyl halides is 3. The summed E-state index contributed by atoms with van der Waals surface area (Å²) in [6, 6.07) is -0.502. The second kappa shape index (κ2) is 5.71. The fourth-order valence-corrected chi connectivity index (χ4v) is 2.23. The standard InChI is InChI=1S/C11H18F3NO2/c1-7(6-16)15-10(17)8-4-2-3-5-9(8)11(12,13)14/h7-9,16H,2-6H2,1H3,(H,15,17)/t7-,8?,9?/m1/s1. The number of nitrogens with one attached hydrogen (secondary N) is 1. The van der Waals surface area contributed by atoms with Gasteiger partial charge < -0.3 is 10.4 Å². The summed E-state index contributed by atoms with van der Waals surface area (Å²) in [6.45, 7) is 1.29. The molecular formula is C11H18F3NO2. The van der Waals surface area contributed by atoms with Crippen LogP contribution in [0.3, 0.4) is 0 Å². The number of amides is 1. The van der Waals surface area contributed by atoms with Crippen molar-refractivity contribution in [2.45, 2.75) is 44.8 Å². The van der Waals surface area contributed by atoms with Gasteiger partial charge in [0.05, 0.1) is 12.5 Å². The van der Waals surface area contributed by atoms with Crippen LogP contribution >= 0.6 is 0 Å². The van der Waals surface area contributed by atoms with Crippen LogP contribution in [-0.4, -0.2) is 29.8 Å². The lowest BCUT2D eigenvalue weighted by molar-refractivity contribution is -0.198. The fraction of sp³-hybridized carbons (Fsp3) is 0.909. The Morgan fingerprint density at radius 1 is 1.41 bits per heavy atom. The third-order valence-corrected chi connectivity index (χ3v) is 3.19. The Labute approximate surface area is 98.4 Å². The minimum Gasteiger partial charge on any atom is -0.394 e. The Morgan fingerprint density at radius 2 is 2.00 bits per heavy atom. The molecule has 6 heteroatoms. The molecule has 0 aliphatic heterocycles. The van der Waals surface area contributed by atoms with Gasteiger partial charge in [-0.05, 0) is 19.8 Å². The van der Waals surface area contributed by atoms with Gasteiger partial charge in [-0.3, -0.25) is 4.79 Å². The predicted octanol–water partition coefficient (Wildman–Crippen LogP) is 1.85. The minimum absolute atomic E-state index is 0.0229. The number of rotatable bonds is 3. The molecule has 1 fully saturated rings. The molecule has 100 valence electrons. The van der Waals surface area contributed by atoms with Crippen molar-refractivity contribution in [3.8, 4) is 0 Å². The molecule has 3 atom stereocenters. The highest BCUT2D eigenvalue weighted by Crippen LogP contribution is 2.41. The molecule has 1 saturated carbocycles. The fourth-order valence-electron chi connectivity index (χ4n) is 2.23. The average Bonchev–Trinajstić information content (AvgIpc) is 2.27. The number of aliphatic hydroxyl groups excluding tert-OH is 1. The Morgan fingerprint density at radius 3 is 2.53 bits per heavy atom. The van der Waals surface area contributed by atoms with E-state index in [1.54, 1.807) is 6.92 Å². The Hall–Kier alpha value is -0.780. The number of aliphatic hydroxyl groups is 1. The van der Waals surface area contributed by atoms with Crippen LogP contribution in [0.5, 0.6) is 0 Å². The van der Waals surface area contributed by atoms with Crippen molar-refractivity contribution in [1.82, 2.24) is 5.32 Å². The summed E-state index contributed by atoms with van der Waals surface area (Å²) >= 11 is 0. The maximum absolute atomic E-state index is 12.7. The summed E-state index contributed by atoms with van der Waals surface area (Å²) in [5.41, 5.74) is 0. The van der Waals surface area contributed by atoms with E-state index in [0.717, 1.165) is 0 Å². The van der Waals surface area contributed by atoms with Crippen molar-refractivity contribution in [1.29, 1.82) is 0 Å². The zero-order valence-corrected chi connectivity index (χ0v) is 9.76. The summed E-state index contributed by atoms with van der Waals surface area (Å²) in [6.07, 6.45) is -2.85. The molecule has 0 saturated heterocycles. The highest BCUT2D eigenvalue weighted by Gasteiger charge is 2.48. The first-order chi connectivity index (χ1) is 7.86. The van der Waals surface area contributed by atoms with Gasteiger partial charge in [0.25, 0.3) is 0 Å². The van der Waals surface area contributed by atoms with Crippen molar-refractivity contribution in [3.05, 3.63) is 0 Å². The number of carbonyl (C=O) groups excluding carboxylic acids is 1. The Kier molecular flexibility index (Phi) is 4.80. The van der Waals surface area contributed by atoms with E-state index >= 15 is 0 Å². The van der Waals surface area contributed by atoms with E-state index in [1.165, 1.54) is 0 Å². The molecule has 0 heterocycles. The van der Waals surface area contributed by atoms with Gasteiger partial charge in [0.15, 0.2) is 0 Å². The molecule has 0 aromatic carbocycles. The molecule has 1 aliphatic rings. The molecule has 0 aromatic rings. The molecule has 1 aliphatic carbocycles. The monoisotopic (exact) mass is 253 g/mol.